The van der Waals surface area contributed by atoms with Gasteiger partial charge >= 0.3 is 0 Å². The topological polar surface area (TPSA) is 37.8 Å². The molecular weight excluding hydrogens is 276 g/mol. The molecule has 2 heterocycles. The molecule has 2 aromatic heterocycles. The maximum atomic E-state index is 12.6. The molecule has 0 unspecified atom stereocenters. The Labute approximate surface area is 119 Å². The maximum absolute atomic E-state index is 12.6. The van der Waals surface area contributed by atoms with Crippen LogP contribution in [0.2, 0.25) is 0 Å². The highest BCUT2D eigenvalue weighted by molar-refractivity contribution is 7.71. The molecule has 0 saturated carbocycles. The zero-order valence-corrected chi connectivity index (χ0v) is 12.2. The first-order chi connectivity index (χ1) is 9.09. The van der Waals surface area contributed by atoms with Crippen LogP contribution in [0.5, 0.6) is 0 Å². The van der Waals surface area contributed by atoms with E-state index in [1.165, 1.54) is 11.3 Å². The predicted octanol–water partition coefficient (Wildman–Crippen LogP) is 3.73. The number of benzene rings is 1. The Morgan fingerprint density at radius 3 is 2.58 bits per heavy atom. The van der Waals surface area contributed by atoms with Gasteiger partial charge in [-0.3, -0.25) is 9.36 Å². The van der Waals surface area contributed by atoms with Crippen LogP contribution in [0, 0.1) is 18.6 Å². The summed E-state index contributed by atoms with van der Waals surface area (Å²) in [6, 6.07) is 7.84. The number of thiophene rings is 1. The minimum Gasteiger partial charge on any atom is -0.331 e. The molecule has 3 aromatic rings. The SMILES string of the molecule is Cc1cccc(C)c1-n1c(=S)[nH]c2ccsc2c1=O. The summed E-state index contributed by atoms with van der Waals surface area (Å²) in [5.41, 5.74) is 3.72. The van der Waals surface area contributed by atoms with Gasteiger partial charge in [0.2, 0.25) is 0 Å². The zero-order chi connectivity index (χ0) is 13.6. The number of para-hydroxylation sites is 1. The minimum absolute atomic E-state index is 0.0499. The molecule has 3 nitrogen and oxygen atoms in total. The van der Waals surface area contributed by atoms with Crippen molar-refractivity contribution in [3.8, 4) is 5.69 Å². The Morgan fingerprint density at radius 2 is 1.89 bits per heavy atom. The van der Waals surface area contributed by atoms with Crippen LogP contribution >= 0.6 is 23.6 Å². The van der Waals surface area contributed by atoms with Crippen LogP contribution in [-0.4, -0.2) is 9.55 Å². The summed E-state index contributed by atoms with van der Waals surface area (Å²) in [5, 5.41) is 1.90. The molecule has 0 saturated heterocycles. The number of H-pyrrole nitrogens is 1. The lowest BCUT2D eigenvalue weighted by Crippen LogP contribution is -2.21. The van der Waals surface area contributed by atoms with Crippen LogP contribution in [0.25, 0.3) is 15.9 Å². The van der Waals surface area contributed by atoms with E-state index in [-0.39, 0.29) is 5.56 Å². The minimum atomic E-state index is -0.0499. The third kappa shape index (κ3) is 1.86. The van der Waals surface area contributed by atoms with Gasteiger partial charge in [0, 0.05) is 0 Å². The van der Waals surface area contributed by atoms with Crippen LogP contribution in [-0.2, 0) is 0 Å². The number of hydrogen-bond donors (Lipinski definition) is 1. The molecule has 1 aromatic carbocycles. The van der Waals surface area contributed by atoms with Crippen molar-refractivity contribution in [1.82, 2.24) is 9.55 Å². The van der Waals surface area contributed by atoms with E-state index < -0.39 is 0 Å². The highest BCUT2D eigenvalue weighted by atomic mass is 32.1. The molecule has 19 heavy (non-hydrogen) atoms. The highest BCUT2D eigenvalue weighted by Crippen LogP contribution is 2.20. The molecule has 0 aliphatic carbocycles. The normalized spacial score (nSPS) is 11.1. The summed E-state index contributed by atoms with van der Waals surface area (Å²) in [4.78, 5) is 15.7. The molecule has 3 rings (SSSR count). The Bertz CT molecular complexity index is 866. The first-order valence-electron chi connectivity index (χ1n) is 5.88. The Morgan fingerprint density at radius 1 is 1.21 bits per heavy atom. The van der Waals surface area contributed by atoms with E-state index >= 15 is 0 Å². The van der Waals surface area contributed by atoms with E-state index in [4.69, 9.17) is 12.2 Å². The summed E-state index contributed by atoms with van der Waals surface area (Å²) in [6.45, 7) is 3.98. The van der Waals surface area contributed by atoms with Crippen molar-refractivity contribution in [3.05, 3.63) is 55.9 Å². The Kier molecular flexibility index (Phi) is 2.88. The van der Waals surface area contributed by atoms with E-state index in [1.54, 1.807) is 4.57 Å². The molecule has 0 amide bonds. The van der Waals surface area contributed by atoms with Crippen molar-refractivity contribution >= 4 is 33.8 Å². The number of hydrogen-bond acceptors (Lipinski definition) is 3. The number of fused-ring (bicyclic) bond motifs is 1. The average molecular weight is 288 g/mol. The average Bonchev–Trinajstić information content (AvgIpc) is 2.81. The van der Waals surface area contributed by atoms with E-state index in [0.29, 0.717) is 9.47 Å². The van der Waals surface area contributed by atoms with Gasteiger partial charge in [-0.25, -0.2) is 0 Å². The fourth-order valence-electron chi connectivity index (χ4n) is 2.30. The fourth-order valence-corrected chi connectivity index (χ4v) is 3.36. The van der Waals surface area contributed by atoms with Crippen LogP contribution in [0.15, 0.2) is 34.4 Å². The highest BCUT2D eigenvalue weighted by Gasteiger charge is 2.12. The lowest BCUT2D eigenvalue weighted by atomic mass is 10.1. The molecule has 0 aliphatic heterocycles. The smallest absolute Gasteiger partial charge is 0.276 e. The van der Waals surface area contributed by atoms with E-state index in [2.05, 4.69) is 4.98 Å². The molecule has 0 fully saturated rings. The maximum Gasteiger partial charge on any atom is 0.276 e. The second-order valence-electron chi connectivity index (χ2n) is 4.47. The van der Waals surface area contributed by atoms with Gasteiger partial charge in [0.1, 0.15) is 4.70 Å². The van der Waals surface area contributed by atoms with E-state index in [1.807, 2.05) is 43.5 Å². The lowest BCUT2D eigenvalue weighted by Gasteiger charge is -2.12. The standard InChI is InChI=1S/C14H12N2OS2/c1-8-4-3-5-9(2)11(8)16-13(17)12-10(6-7-19-12)15-14(16)18/h3-7H,1-2H3,(H,15,18). The molecule has 1 N–H and O–H groups in total. The van der Waals surface area contributed by atoms with Crippen LogP contribution in [0.1, 0.15) is 11.1 Å². The van der Waals surface area contributed by atoms with Crippen LogP contribution in [0.4, 0.5) is 0 Å². The second kappa shape index (κ2) is 4.43. The van der Waals surface area contributed by atoms with Gasteiger partial charge < -0.3 is 4.98 Å². The van der Waals surface area contributed by atoms with Crippen LogP contribution in [0.3, 0.4) is 0 Å². The fraction of sp³-hybridized carbons (Fsp3) is 0.143. The van der Waals surface area contributed by atoms with Gasteiger partial charge in [0.15, 0.2) is 4.77 Å². The van der Waals surface area contributed by atoms with Gasteiger partial charge in [0.25, 0.3) is 5.56 Å². The molecule has 0 bridgehead atoms. The van der Waals surface area contributed by atoms with E-state index in [9.17, 15) is 4.79 Å². The summed E-state index contributed by atoms with van der Waals surface area (Å²) in [7, 11) is 0. The van der Waals surface area contributed by atoms with Crippen molar-refractivity contribution in [1.29, 1.82) is 0 Å². The Balaban J connectivity index is 2.50. The molecule has 0 radical (unpaired) electrons. The number of aryl methyl sites for hydroxylation is 2. The molecule has 0 spiro atoms. The predicted molar refractivity (Wildman–Crippen MR) is 82.1 cm³/mol. The van der Waals surface area contributed by atoms with Gasteiger partial charge in [0.05, 0.1) is 11.2 Å². The third-order valence-corrected chi connectivity index (χ3v) is 4.36. The summed E-state index contributed by atoms with van der Waals surface area (Å²) in [6.07, 6.45) is 0. The number of nitrogens with zero attached hydrogens (tertiary/aromatic N) is 1. The van der Waals surface area contributed by atoms with E-state index in [0.717, 1.165) is 22.3 Å². The van der Waals surface area contributed by atoms with Gasteiger partial charge in [-0.1, -0.05) is 18.2 Å². The quantitative estimate of drug-likeness (QED) is 0.693. The van der Waals surface area contributed by atoms with Crippen molar-refractivity contribution in [2.24, 2.45) is 0 Å². The van der Waals surface area contributed by atoms with Crippen LogP contribution < -0.4 is 5.56 Å². The molecular formula is C14H12N2OS2. The van der Waals surface area contributed by atoms with Crippen molar-refractivity contribution in [3.63, 3.8) is 0 Å². The molecule has 0 atom stereocenters. The number of aromatic nitrogens is 2. The van der Waals surface area contributed by atoms with Gasteiger partial charge in [-0.2, -0.15) is 0 Å². The summed E-state index contributed by atoms with van der Waals surface area (Å²) >= 11 is 6.78. The first kappa shape index (κ1) is 12.3. The monoisotopic (exact) mass is 288 g/mol. The first-order valence-corrected chi connectivity index (χ1v) is 7.17. The number of nitrogens with one attached hydrogen (secondary N) is 1. The van der Waals surface area contributed by atoms with Gasteiger partial charge in [-0.15, -0.1) is 11.3 Å². The second-order valence-corrected chi connectivity index (χ2v) is 5.78. The molecule has 0 aliphatic rings. The number of rotatable bonds is 1. The molecule has 96 valence electrons. The van der Waals surface area contributed by atoms with Crippen molar-refractivity contribution < 1.29 is 0 Å². The Hall–Kier alpha value is -1.72. The summed E-state index contributed by atoms with van der Waals surface area (Å²) < 4.78 is 2.74. The molecule has 5 heteroatoms. The largest absolute Gasteiger partial charge is 0.331 e. The zero-order valence-electron chi connectivity index (χ0n) is 10.6. The van der Waals surface area contributed by atoms with Crippen molar-refractivity contribution in [2.45, 2.75) is 13.8 Å². The lowest BCUT2D eigenvalue weighted by molar-refractivity contribution is 0.924. The summed E-state index contributed by atoms with van der Waals surface area (Å²) in [5.74, 6) is 0. The third-order valence-electron chi connectivity index (χ3n) is 3.17. The van der Waals surface area contributed by atoms with Crippen molar-refractivity contribution in [2.75, 3.05) is 0 Å². The van der Waals surface area contributed by atoms with Gasteiger partial charge in [-0.05, 0) is 48.6 Å². The number of aromatic amines is 1.